The van der Waals surface area contributed by atoms with Crippen LogP contribution in [0.25, 0.3) is 0 Å². The number of pyridine rings is 1. The summed E-state index contributed by atoms with van der Waals surface area (Å²) in [7, 11) is 1.59. The van der Waals surface area contributed by atoms with Crippen molar-refractivity contribution < 1.29 is 9.47 Å². The normalized spacial score (nSPS) is 14.3. The molecule has 0 fully saturated rings. The van der Waals surface area contributed by atoms with Crippen LogP contribution in [0.3, 0.4) is 0 Å². The minimum atomic E-state index is 0.410. The van der Waals surface area contributed by atoms with E-state index in [1.807, 2.05) is 6.07 Å². The van der Waals surface area contributed by atoms with E-state index in [1.165, 1.54) is 0 Å². The monoisotopic (exact) mass is 207 g/mol. The van der Waals surface area contributed by atoms with E-state index in [-0.39, 0.29) is 0 Å². The topological polar surface area (TPSA) is 55.7 Å². The van der Waals surface area contributed by atoms with Crippen LogP contribution < -0.4 is 14.8 Å². The molecule has 1 N–H and O–H groups in total. The van der Waals surface area contributed by atoms with Gasteiger partial charge in [-0.3, -0.25) is 4.99 Å². The molecule has 0 spiro atoms. The molecule has 0 aliphatic carbocycles. The highest BCUT2D eigenvalue weighted by molar-refractivity contribution is 5.84. The van der Waals surface area contributed by atoms with Crippen LogP contribution in [0.15, 0.2) is 23.3 Å². The van der Waals surface area contributed by atoms with Gasteiger partial charge in [0.1, 0.15) is 12.4 Å². The average Bonchev–Trinajstić information content (AvgIpc) is 2.79. The predicted molar refractivity (Wildman–Crippen MR) is 56.6 cm³/mol. The van der Waals surface area contributed by atoms with Crippen LogP contribution in [-0.2, 0) is 0 Å². The fourth-order valence-electron chi connectivity index (χ4n) is 1.32. The molecule has 5 nitrogen and oxygen atoms in total. The molecule has 0 atom stereocenters. The molecule has 1 aliphatic rings. The summed E-state index contributed by atoms with van der Waals surface area (Å²) >= 11 is 0. The second-order valence-electron chi connectivity index (χ2n) is 3.05. The zero-order chi connectivity index (χ0) is 10.5. The highest BCUT2D eigenvalue weighted by Crippen LogP contribution is 2.22. The lowest BCUT2D eigenvalue weighted by molar-refractivity contribution is 0.320. The second-order valence-corrected chi connectivity index (χ2v) is 3.05. The summed E-state index contributed by atoms with van der Waals surface area (Å²) in [5.41, 5.74) is 0. The van der Waals surface area contributed by atoms with Crippen molar-refractivity contribution in [3.63, 3.8) is 0 Å². The Morgan fingerprint density at radius 1 is 1.53 bits per heavy atom. The molecular weight excluding hydrogens is 194 g/mol. The molecule has 0 radical (unpaired) electrons. The molecule has 1 aromatic heterocycles. The van der Waals surface area contributed by atoms with E-state index in [9.17, 15) is 0 Å². The van der Waals surface area contributed by atoms with Crippen molar-refractivity contribution in [1.29, 1.82) is 0 Å². The number of ether oxygens (including phenoxy) is 2. The van der Waals surface area contributed by atoms with Gasteiger partial charge in [-0.25, -0.2) is 4.98 Å². The van der Waals surface area contributed by atoms with Gasteiger partial charge in [-0.15, -0.1) is 0 Å². The van der Waals surface area contributed by atoms with Gasteiger partial charge in [-0.1, -0.05) is 0 Å². The maximum Gasteiger partial charge on any atom is 0.257 e. The fraction of sp³-hybridized carbons (Fsp3) is 0.400. The third-order valence-electron chi connectivity index (χ3n) is 2.05. The summed E-state index contributed by atoms with van der Waals surface area (Å²) in [6.07, 6.45) is 1.67. The quantitative estimate of drug-likeness (QED) is 0.779. The zero-order valence-electron chi connectivity index (χ0n) is 8.56. The molecule has 0 bridgehead atoms. The molecule has 1 aromatic rings. The molecule has 80 valence electrons. The number of nitrogens with one attached hydrogen (secondary N) is 1. The molecular formula is C10H13N3O2. The van der Waals surface area contributed by atoms with E-state index in [4.69, 9.17) is 9.47 Å². The highest BCUT2D eigenvalue weighted by atomic mass is 16.5. The Kier molecular flexibility index (Phi) is 3.02. The number of aliphatic imine (C=N–C) groups is 1. The van der Waals surface area contributed by atoms with Gasteiger partial charge < -0.3 is 14.8 Å². The van der Waals surface area contributed by atoms with Crippen molar-refractivity contribution in [2.75, 3.05) is 26.8 Å². The van der Waals surface area contributed by atoms with Crippen molar-refractivity contribution in [1.82, 2.24) is 10.3 Å². The van der Waals surface area contributed by atoms with E-state index in [1.54, 1.807) is 19.4 Å². The molecule has 0 saturated carbocycles. The Balaban J connectivity index is 1.97. The largest absolute Gasteiger partial charge is 0.491 e. The smallest absolute Gasteiger partial charge is 0.257 e. The van der Waals surface area contributed by atoms with E-state index < -0.39 is 0 Å². The Labute approximate surface area is 88.1 Å². The number of amidine groups is 1. The van der Waals surface area contributed by atoms with Crippen LogP contribution in [0.1, 0.15) is 0 Å². The van der Waals surface area contributed by atoms with E-state index in [2.05, 4.69) is 15.3 Å². The Hall–Kier alpha value is -1.78. The second kappa shape index (κ2) is 4.63. The molecule has 0 aromatic carbocycles. The van der Waals surface area contributed by atoms with Gasteiger partial charge in [0.15, 0.2) is 5.75 Å². The Bertz CT molecular complexity index is 365. The lowest BCUT2D eigenvalue weighted by atomic mass is 10.4. The Morgan fingerprint density at radius 2 is 2.47 bits per heavy atom. The molecule has 2 heterocycles. The van der Waals surface area contributed by atoms with Crippen LogP contribution in [0.5, 0.6) is 11.6 Å². The summed E-state index contributed by atoms with van der Waals surface area (Å²) in [6, 6.07) is 3.61. The number of methoxy groups -OCH3 is 1. The molecule has 0 saturated heterocycles. The lowest BCUT2D eigenvalue weighted by Gasteiger charge is -2.08. The first-order valence-electron chi connectivity index (χ1n) is 4.79. The summed E-state index contributed by atoms with van der Waals surface area (Å²) in [5, 5.41) is 3.12. The van der Waals surface area contributed by atoms with Gasteiger partial charge in [0.05, 0.1) is 13.7 Å². The minimum absolute atomic E-state index is 0.410. The first-order chi connectivity index (χ1) is 7.40. The number of hydrogen-bond acceptors (Lipinski definition) is 5. The number of aromatic nitrogens is 1. The van der Waals surface area contributed by atoms with Gasteiger partial charge in [0.2, 0.25) is 0 Å². The van der Waals surface area contributed by atoms with Crippen LogP contribution >= 0.6 is 0 Å². The number of rotatable bonds is 4. The molecule has 0 amide bonds. The van der Waals surface area contributed by atoms with Gasteiger partial charge in [0.25, 0.3) is 5.88 Å². The average molecular weight is 207 g/mol. The highest BCUT2D eigenvalue weighted by Gasteiger charge is 2.08. The standard InChI is InChI=1S/C10H13N3O2/c1-14-8-3-2-4-13-10(8)15-7-9-11-5-6-12-9/h2-4H,5-7H2,1H3,(H,11,12). The summed E-state index contributed by atoms with van der Waals surface area (Å²) in [4.78, 5) is 8.30. The van der Waals surface area contributed by atoms with E-state index >= 15 is 0 Å². The molecule has 15 heavy (non-hydrogen) atoms. The van der Waals surface area contributed by atoms with Gasteiger partial charge >= 0.3 is 0 Å². The predicted octanol–water partition coefficient (Wildman–Crippen LogP) is 0.471. The summed E-state index contributed by atoms with van der Waals surface area (Å²) in [5.74, 6) is 2.00. The van der Waals surface area contributed by atoms with Crippen molar-refractivity contribution in [3.05, 3.63) is 18.3 Å². The number of nitrogens with zero attached hydrogens (tertiary/aromatic N) is 2. The molecule has 1 aliphatic heterocycles. The van der Waals surface area contributed by atoms with Crippen molar-refractivity contribution in [3.8, 4) is 11.6 Å². The van der Waals surface area contributed by atoms with Crippen molar-refractivity contribution >= 4 is 5.84 Å². The minimum Gasteiger partial charge on any atom is -0.491 e. The summed E-state index contributed by atoms with van der Waals surface area (Å²) < 4.78 is 10.6. The maximum atomic E-state index is 5.48. The van der Waals surface area contributed by atoms with E-state index in [0.717, 1.165) is 18.9 Å². The first kappa shape index (κ1) is 9.76. The van der Waals surface area contributed by atoms with Gasteiger partial charge in [-0.2, -0.15) is 0 Å². The zero-order valence-corrected chi connectivity index (χ0v) is 8.56. The van der Waals surface area contributed by atoms with Crippen molar-refractivity contribution in [2.45, 2.75) is 0 Å². The molecule has 5 heteroatoms. The van der Waals surface area contributed by atoms with Gasteiger partial charge in [-0.05, 0) is 12.1 Å². The van der Waals surface area contributed by atoms with Crippen LogP contribution in [-0.4, -0.2) is 37.6 Å². The number of hydrogen-bond donors (Lipinski definition) is 1. The van der Waals surface area contributed by atoms with Crippen LogP contribution in [0, 0.1) is 0 Å². The fourth-order valence-corrected chi connectivity index (χ4v) is 1.32. The first-order valence-corrected chi connectivity index (χ1v) is 4.79. The van der Waals surface area contributed by atoms with Crippen LogP contribution in [0.2, 0.25) is 0 Å². The van der Waals surface area contributed by atoms with Gasteiger partial charge in [0, 0.05) is 12.7 Å². The van der Waals surface area contributed by atoms with Crippen LogP contribution in [0.4, 0.5) is 0 Å². The third-order valence-corrected chi connectivity index (χ3v) is 2.05. The summed E-state index contributed by atoms with van der Waals surface area (Å²) in [6.45, 7) is 2.11. The lowest BCUT2D eigenvalue weighted by Crippen LogP contribution is -2.25. The maximum absolute atomic E-state index is 5.48. The SMILES string of the molecule is COc1cccnc1OCC1=NCCN1. The molecule has 2 rings (SSSR count). The third kappa shape index (κ3) is 2.37. The van der Waals surface area contributed by atoms with E-state index in [0.29, 0.717) is 18.2 Å². The Morgan fingerprint density at radius 3 is 3.20 bits per heavy atom. The van der Waals surface area contributed by atoms with Crippen molar-refractivity contribution in [2.24, 2.45) is 4.99 Å². The molecule has 0 unspecified atom stereocenters.